The quantitative estimate of drug-likeness (QED) is 0.943. The van der Waals surface area contributed by atoms with Gasteiger partial charge in [-0.15, -0.1) is 11.3 Å². The van der Waals surface area contributed by atoms with Crippen molar-refractivity contribution in [3.05, 3.63) is 28.2 Å². The fourth-order valence-electron chi connectivity index (χ4n) is 2.21. The van der Waals surface area contributed by atoms with E-state index in [4.69, 9.17) is 11.6 Å². The van der Waals surface area contributed by atoms with Gasteiger partial charge in [-0.05, 0) is 24.6 Å². The number of rotatable bonds is 3. The van der Waals surface area contributed by atoms with E-state index >= 15 is 0 Å². The summed E-state index contributed by atoms with van der Waals surface area (Å²) in [7, 11) is -2.83. The fraction of sp³-hybridized carbons (Fsp3) is 0.417. The van der Waals surface area contributed by atoms with Gasteiger partial charge in [0.25, 0.3) is 0 Å². The van der Waals surface area contributed by atoms with Gasteiger partial charge in [-0.25, -0.2) is 13.4 Å². The second kappa shape index (κ2) is 5.01. The van der Waals surface area contributed by atoms with Crippen LogP contribution in [0.4, 0.5) is 0 Å². The Bertz CT molecular complexity index is 712. The zero-order chi connectivity index (χ0) is 13.5. The lowest BCUT2D eigenvalue weighted by Crippen LogP contribution is -2.29. The standard InChI is InChI=1S/C12H13ClN2O2S2/c13-8-1-2-10-11(5-8)18-12(15-10)6-14-9-3-4-19(16,17)7-9/h1-2,5,9,14H,3-4,6-7H2. The van der Waals surface area contributed by atoms with E-state index in [0.717, 1.165) is 15.2 Å². The number of benzene rings is 1. The van der Waals surface area contributed by atoms with Gasteiger partial charge in [0.1, 0.15) is 5.01 Å². The third kappa shape index (κ3) is 3.08. The smallest absolute Gasteiger partial charge is 0.151 e. The predicted molar refractivity (Wildman–Crippen MR) is 78.5 cm³/mol. The molecule has 0 radical (unpaired) electrons. The molecule has 0 saturated carbocycles. The van der Waals surface area contributed by atoms with Crippen LogP contribution >= 0.6 is 22.9 Å². The van der Waals surface area contributed by atoms with Crippen LogP contribution in [0.3, 0.4) is 0 Å². The minimum absolute atomic E-state index is 0.0561. The molecule has 7 heteroatoms. The molecular weight excluding hydrogens is 304 g/mol. The summed E-state index contributed by atoms with van der Waals surface area (Å²) in [5.74, 6) is 0.532. The monoisotopic (exact) mass is 316 g/mol. The van der Waals surface area contributed by atoms with Crippen molar-refractivity contribution in [2.75, 3.05) is 11.5 Å². The van der Waals surface area contributed by atoms with E-state index in [1.807, 2.05) is 18.2 Å². The van der Waals surface area contributed by atoms with Crippen molar-refractivity contribution in [3.8, 4) is 0 Å². The average Bonchev–Trinajstić information content (AvgIpc) is 2.89. The first-order valence-electron chi connectivity index (χ1n) is 6.01. The SMILES string of the molecule is O=S1(=O)CCC(NCc2nc3ccc(Cl)cc3s2)C1. The number of nitrogens with zero attached hydrogens (tertiary/aromatic N) is 1. The Morgan fingerprint density at radius 2 is 2.32 bits per heavy atom. The van der Waals surface area contributed by atoms with Crippen molar-refractivity contribution in [2.24, 2.45) is 0 Å². The molecule has 1 unspecified atom stereocenters. The van der Waals surface area contributed by atoms with Gasteiger partial charge in [-0.2, -0.15) is 0 Å². The zero-order valence-electron chi connectivity index (χ0n) is 10.1. The van der Waals surface area contributed by atoms with Crippen LogP contribution in [0.25, 0.3) is 10.2 Å². The first kappa shape index (κ1) is 13.3. The van der Waals surface area contributed by atoms with Crippen LogP contribution in [0.1, 0.15) is 11.4 Å². The van der Waals surface area contributed by atoms with Gasteiger partial charge in [0.15, 0.2) is 9.84 Å². The van der Waals surface area contributed by atoms with Crippen molar-refractivity contribution in [3.63, 3.8) is 0 Å². The minimum atomic E-state index is -2.83. The molecule has 0 aliphatic carbocycles. The Kier molecular flexibility index (Phi) is 3.51. The lowest BCUT2D eigenvalue weighted by Gasteiger charge is -2.07. The van der Waals surface area contributed by atoms with E-state index in [1.165, 1.54) is 0 Å². The van der Waals surface area contributed by atoms with Crippen LogP contribution in [0.2, 0.25) is 5.02 Å². The molecule has 1 saturated heterocycles. The Labute approximate surface area is 120 Å². The summed E-state index contributed by atoms with van der Waals surface area (Å²) < 4.78 is 23.8. The summed E-state index contributed by atoms with van der Waals surface area (Å²) in [6.45, 7) is 0.608. The minimum Gasteiger partial charge on any atom is -0.307 e. The number of sulfone groups is 1. The Balaban J connectivity index is 1.69. The van der Waals surface area contributed by atoms with Crippen LogP contribution in [-0.4, -0.2) is 30.9 Å². The number of nitrogens with one attached hydrogen (secondary N) is 1. The number of halogens is 1. The van der Waals surface area contributed by atoms with Crippen LogP contribution in [0, 0.1) is 0 Å². The third-order valence-electron chi connectivity index (χ3n) is 3.17. The molecule has 1 aliphatic heterocycles. The lowest BCUT2D eigenvalue weighted by atomic mass is 10.3. The second-order valence-corrected chi connectivity index (χ2v) is 8.48. The van der Waals surface area contributed by atoms with Gasteiger partial charge < -0.3 is 5.32 Å². The summed E-state index contributed by atoms with van der Waals surface area (Å²) >= 11 is 7.52. The van der Waals surface area contributed by atoms with E-state index in [-0.39, 0.29) is 11.8 Å². The molecule has 0 amide bonds. The van der Waals surface area contributed by atoms with E-state index in [1.54, 1.807) is 11.3 Å². The topological polar surface area (TPSA) is 59.1 Å². The molecule has 1 aliphatic rings. The van der Waals surface area contributed by atoms with E-state index in [0.29, 0.717) is 23.7 Å². The molecule has 2 aromatic rings. The molecule has 1 fully saturated rings. The molecule has 0 bridgehead atoms. The molecule has 3 rings (SSSR count). The highest BCUT2D eigenvalue weighted by Crippen LogP contribution is 2.25. The highest BCUT2D eigenvalue weighted by Gasteiger charge is 2.27. The lowest BCUT2D eigenvalue weighted by molar-refractivity contribution is 0.553. The number of hydrogen-bond donors (Lipinski definition) is 1. The normalized spacial score (nSPS) is 22.1. The number of hydrogen-bond acceptors (Lipinski definition) is 5. The van der Waals surface area contributed by atoms with Gasteiger partial charge in [0.2, 0.25) is 0 Å². The van der Waals surface area contributed by atoms with Gasteiger partial charge >= 0.3 is 0 Å². The Morgan fingerprint density at radius 1 is 1.47 bits per heavy atom. The predicted octanol–water partition coefficient (Wildman–Crippen LogP) is 2.23. The summed E-state index contributed by atoms with van der Waals surface area (Å²) in [6.07, 6.45) is 0.694. The molecule has 1 atom stereocenters. The summed E-state index contributed by atoms with van der Waals surface area (Å²) in [6, 6.07) is 5.68. The van der Waals surface area contributed by atoms with Crippen molar-refractivity contribution in [1.82, 2.24) is 10.3 Å². The summed E-state index contributed by atoms with van der Waals surface area (Å²) in [5, 5.41) is 4.93. The Morgan fingerprint density at radius 3 is 3.05 bits per heavy atom. The van der Waals surface area contributed by atoms with Gasteiger partial charge in [-0.1, -0.05) is 11.6 Å². The van der Waals surface area contributed by atoms with Gasteiger partial charge in [0.05, 0.1) is 21.7 Å². The summed E-state index contributed by atoms with van der Waals surface area (Å²) in [4.78, 5) is 4.50. The molecule has 0 spiro atoms. The third-order valence-corrected chi connectivity index (χ3v) is 6.19. The van der Waals surface area contributed by atoms with E-state index in [9.17, 15) is 8.42 Å². The molecule has 4 nitrogen and oxygen atoms in total. The largest absolute Gasteiger partial charge is 0.307 e. The molecule has 19 heavy (non-hydrogen) atoms. The Hall–Kier alpha value is -0.690. The number of thiazole rings is 1. The second-order valence-electron chi connectivity index (χ2n) is 4.70. The average molecular weight is 317 g/mol. The van der Waals surface area contributed by atoms with Gasteiger partial charge in [-0.3, -0.25) is 0 Å². The molecule has 102 valence electrons. The highest BCUT2D eigenvalue weighted by molar-refractivity contribution is 7.91. The van der Waals surface area contributed by atoms with Crippen molar-refractivity contribution in [2.45, 2.75) is 19.0 Å². The molecule has 1 aromatic heterocycles. The van der Waals surface area contributed by atoms with Crippen molar-refractivity contribution in [1.29, 1.82) is 0 Å². The highest BCUT2D eigenvalue weighted by atomic mass is 35.5. The van der Waals surface area contributed by atoms with Gasteiger partial charge in [0, 0.05) is 17.6 Å². The summed E-state index contributed by atoms with van der Waals surface area (Å²) in [5.41, 5.74) is 0.935. The number of fused-ring (bicyclic) bond motifs is 1. The van der Waals surface area contributed by atoms with E-state index < -0.39 is 9.84 Å². The molecular formula is C12H13ClN2O2S2. The molecule has 1 N–H and O–H groups in total. The molecule has 2 heterocycles. The van der Waals surface area contributed by atoms with Crippen molar-refractivity contribution < 1.29 is 8.42 Å². The zero-order valence-corrected chi connectivity index (χ0v) is 12.5. The van der Waals surface area contributed by atoms with Crippen molar-refractivity contribution >= 4 is 43.0 Å². The maximum atomic E-state index is 11.4. The fourth-order valence-corrected chi connectivity index (χ4v) is 5.11. The van der Waals surface area contributed by atoms with Crippen LogP contribution in [0.15, 0.2) is 18.2 Å². The van der Waals surface area contributed by atoms with Crippen LogP contribution in [-0.2, 0) is 16.4 Å². The first-order valence-corrected chi connectivity index (χ1v) is 9.02. The van der Waals surface area contributed by atoms with Crippen LogP contribution in [0.5, 0.6) is 0 Å². The van der Waals surface area contributed by atoms with Crippen LogP contribution < -0.4 is 5.32 Å². The molecule has 1 aromatic carbocycles. The number of aromatic nitrogens is 1. The first-order chi connectivity index (χ1) is 9.02. The maximum Gasteiger partial charge on any atom is 0.151 e. The maximum absolute atomic E-state index is 11.4. The van der Waals surface area contributed by atoms with E-state index in [2.05, 4.69) is 10.3 Å².